The van der Waals surface area contributed by atoms with Crippen LogP contribution >= 0.6 is 0 Å². The monoisotopic (exact) mass is 220 g/mol. The van der Waals surface area contributed by atoms with Crippen molar-refractivity contribution in [2.75, 3.05) is 6.61 Å². The van der Waals surface area contributed by atoms with E-state index in [0.29, 0.717) is 5.56 Å². The maximum absolute atomic E-state index is 11.6. The van der Waals surface area contributed by atoms with E-state index >= 15 is 0 Å². The standard InChI is InChI=1S/C13H16O3/c1-4-16-13(15)12(10(3)14)11-7-5-9(2)6-8-11/h5-8,12H,4H2,1-3H3. The van der Waals surface area contributed by atoms with Gasteiger partial charge in [0.1, 0.15) is 11.7 Å². The molecule has 1 rings (SSSR count). The molecule has 0 aliphatic carbocycles. The van der Waals surface area contributed by atoms with Crippen LogP contribution in [0.25, 0.3) is 0 Å². The van der Waals surface area contributed by atoms with Crippen molar-refractivity contribution in [3.05, 3.63) is 35.4 Å². The highest BCUT2D eigenvalue weighted by atomic mass is 16.5. The van der Waals surface area contributed by atoms with Gasteiger partial charge in [-0.25, -0.2) is 0 Å². The summed E-state index contributed by atoms with van der Waals surface area (Å²) in [6.07, 6.45) is 0. The van der Waals surface area contributed by atoms with Crippen LogP contribution in [0.2, 0.25) is 0 Å². The molecule has 1 aromatic rings. The van der Waals surface area contributed by atoms with Crippen LogP contribution in [-0.4, -0.2) is 18.4 Å². The first kappa shape index (κ1) is 12.4. The van der Waals surface area contributed by atoms with Gasteiger partial charge in [-0.3, -0.25) is 9.59 Å². The Hall–Kier alpha value is -1.64. The van der Waals surface area contributed by atoms with Gasteiger partial charge >= 0.3 is 5.97 Å². The van der Waals surface area contributed by atoms with Crippen LogP contribution in [0.1, 0.15) is 30.9 Å². The Morgan fingerprint density at radius 1 is 1.25 bits per heavy atom. The van der Waals surface area contributed by atoms with Crippen molar-refractivity contribution in [2.24, 2.45) is 0 Å². The molecule has 16 heavy (non-hydrogen) atoms. The van der Waals surface area contributed by atoms with E-state index in [-0.39, 0.29) is 12.4 Å². The molecular weight excluding hydrogens is 204 g/mol. The topological polar surface area (TPSA) is 43.4 Å². The number of aryl methyl sites for hydroxylation is 1. The third-order valence-electron chi connectivity index (χ3n) is 2.34. The lowest BCUT2D eigenvalue weighted by atomic mass is 9.95. The maximum Gasteiger partial charge on any atom is 0.320 e. The number of carbonyl (C=O) groups excluding carboxylic acids is 2. The van der Waals surface area contributed by atoms with Crippen molar-refractivity contribution in [3.63, 3.8) is 0 Å². The fraction of sp³-hybridized carbons (Fsp3) is 0.385. The molecule has 0 heterocycles. The third-order valence-corrected chi connectivity index (χ3v) is 2.34. The maximum atomic E-state index is 11.6. The molecule has 0 aliphatic rings. The highest BCUT2D eigenvalue weighted by molar-refractivity contribution is 6.03. The number of ether oxygens (including phenoxy) is 1. The van der Waals surface area contributed by atoms with Gasteiger partial charge in [0.15, 0.2) is 0 Å². The zero-order valence-corrected chi connectivity index (χ0v) is 9.82. The molecule has 86 valence electrons. The molecule has 0 aromatic heterocycles. The summed E-state index contributed by atoms with van der Waals surface area (Å²) in [5, 5.41) is 0. The molecule has 0 spiro atoms. The molecule has 0 fully saturated rings. The Morgan fingerprint density at radius 3 is 2.25 bits per heavy atom. The lowest BCUT2D eigenvalue weighted by Crippen LogP contribution is -2.22. The van der Waals surface area contributed by atoms with Crippen molar-refractivity contribution in [3.8, 4) is 0 Å². The summed E-state index contributed by atoms with van der Waals surface area (Å²) in [6, 6.07) is 7.34. The average molecular weight is 220 g/mol. The zero-order chi connectivity index (χ0) is 12.1. The number of esters is 1. The predicted octanol–water partition coefficient (Wildman–Crippen LogP) is 2.23. The van der Waals surface area contributed by atoms with Gasteiger partial charge in [-0.2, -0.15) is 0 Å². The molecular formula is C13H16O3. The fourth-order valence-corrected chi connectivity index (χ4v) is 1.52. The Labute approximate surface area is 95.4 Å². The van der Waals surface area contributed by atoms with Gasteiger partial charge in [0.05, 0.1) is 6.61 Å². The number of ketones is 1. The van der Waals surface area contributed by atoms with Crippen LogP contribution in [0, 0.1) is 6.92 Å². The molecule has 1 aromatic carbocycles. The van der Waals surface area contributed by atoms with Crippen molar-refractivity contribution in [1.29, 1.82) is 0 Å². The quantitative estimate of drug-likeness (QED) is 0.577. The lowest BCUT2D eigenvalue weighted by molar-refractivity contribution is -0.147. The molecule has 0 saturated heterocycles. The molecule has 0 amide bonds. The molecule has 0 bridgehead atoms. The van der Waals surface area contributed by atoms with E-state index < -0.39 is 11.9 Å². The van der Waals surface area contributed by atoms with E-state index in [4.69, 9.17) is 4.74 Å². The summed E-state index contributed by atoms with van der Waals surface area (Å²) in [7, 11) is 0. The van der Waals surface area contributed by atoms with Crippen LogP contribution in [0.5, 0.6) is 0 Å². The van der Waals surface area contributed by atoms with Gasteiger partial charge in [0, 0.05) is 0 Å². The molecule has 3 nitrogen and oxygen atoms in total. The van der Waals surface area contributed by atoms with E-state index in [2.05, 4.69) is 0 Å². The number of rotatable bonds is 4. The molecule has 1 atom stereocenters. The van der Waals surface area contributed by atoms with Crippen LogP contribution in [-0.2, 0) is 14.3 Å². The molecule has 0 N–H and O–H groups in total. The Morgan fingerprint density at radius 2 is 1.81 bits per heavy atom. The second-order valence-corrected chi connectivity index (χ2v) is 3.71. The second kappa shape index (κ2) is 5.45. The van der Waals surface area contributed by atoms with Crippen molar-refractivity contribution >= 4 is 11.8 Å². The predicted molar refractivity (Wildman–Crippen MR) is 61.2 cm³/mol. The Kier molecular flexibility index (Phi) is 4.23. The smallest absolute Gasteiger partial charge is 0.320 e. The summed E-state index contributed by atoms with van der Waals surface area (Å²) in [5.74, 6) is -1.46. The molecule has 0 aliphatic heterocycles. The van der Waals surface area contributed by atoms with Crippen LogP contribution in [0.3, 0.4) is 0 Å². The minimum Gasteiger partial charge on any atom is -0.465 e. The summed E-state index contributed by atoms with van der Waals surface area (Å²) < 4.78 is 4.89. The Balaban J connectivity index is 2.98. The fourth-order valence-electron chi connectivity index (χ4n) is 1.52. The molecule has 0 saturated carbocycles. The summed E-state index contributed by atoms with van der Waals surface area (Å²) in [6.45, 7) is 5.37. The van der Waals surface area contributed by atoms with Gasteiger partial charge in [-0.15, -0.1) is 0 Å². The molecule has 0 radical (unpaired) electrons. The van der Waals surface area contributed by atoms with E-state index in [1.807, 2.05) is 19.1 Å². The Bertz CT molecular complexity index is 379. The summed E-state index contributed by atoms with van der Waals surface area (Å²) in [5.41, 5.74) is 1.78. The first-order chi connectivity index (χ1) is 7.56. The molecule has 1 unspecified atom stereocenters. The SMILES string of the molecule is CCOC(=O)C(C(C)=O)c1ccc(C)cc1. The first-order valence-electron chi connectivity index (χ1n) is 5.30. The van der Waals surface area contributed by atoms with Crippen LogP contribution in [0.15, 0.2) is 24.3 Å². The first-order valence-corrected chi connectivity index (χ1v) is 5.30. The van der Waals surface area contributed by atoms with E-state index in [0.717, 1.165) is 5.56 Å². The number of benzene rings is 1. The summed E-state index contributed by atoms with van der Waals surface area (Å²) >= 11 is 0. The third kappa shape index (κ3) is 2.92. The number of hydrogen-bond acceptors (Lipinski definition) is 3. The lowest BCUT2D eigenvalue weighted by Gasteiger charge is -2.12. The highest BCUT2D eigenvalue weighted by Crippen LogP contribution is 2.19. The normalized spacial score (nSPS) is 11.9. The van der Waals surface area contributed by atoms with Crippen molar-refractivity contribution in [1.82, 2.24) is 0 Å². The van der Waals surface area contributed by atoms with Crippen LogP contribution < -0.4 is 0 Å². The number of Topliss-reactive ketones (excluding diaryl/α,β-unsaturated/α-hetero) is 1. The second-order valence-electron chi connectivity index (χ2n) is 3.71. The van der Waals surface area contributed by atoms with E-state index in [1.165, 1.54) is 6.92 Å². The van der Waals surface area contributed by atoms with E-state index in [1.54, 1.807) is 19.1 Å². The van der Waals surface area contributed by atoms with Crippen molar-refractivity contribution in [2.45, 2.75) is 26.7 Å². The van der Waals surface area contributed by atoms with Crippen molar-refractivity contribution < 1.29 is 14.3 Å². The minimum absolute atomic E-state index is 0.192. The zero-order valence-electron chi connectivity index (χ0n) is 9.82. The van der Waals surface area contributed by atoms with Gasteiger partial charge in [-0.05, 0) is 26.3 Å². The number of carbonyl (C=O) groups is 2. The summed E-state index contributed by atoms with van der Waals surface area (Å²) in [4.78, 5) is 23.1. The van der Waals surface area contributed by atoms with Gasteiger partial charge in [0.2, 0.25) is 0 Å². The highest BCUT2D eigenvalue weighted by Gasteiger charge is 2.26. The molecule has 3 heteroatoms. The van der Waals surface area contributed by atoms with E-state index in [9.17, 15) is 9.59 Å². The number of hydrogen-bond donors (Lipinski definition) is 0. The average Bonchev–Trinajstić information content (AvgIpc) is 2.21. The van der Waals surface area contributed by atoms with Gasteiger partial charge in [0.25, 0.3) is 0 Å². The van der Waals surface area contributed by atoms with Crippen LogP contribution in [0.4, 0.5) is 0 Å². The minimum atomic E-state index is -0.791. The largest absolute Gasteiger partial charge is 0.465 e. The van der Waals surface area contributed by atoms with Gasteiger partial charge in [-0.1, -0.05) is 29.8 Å². The van der Waals surface area contributed by atoms with Gasteiger partial charge < -0.3 is 4.74 Å².